The third-order valence-electron chi connectivity index (χ3n) is 5.83. The zero-order valence-electron chi connectivity index (χ0n) is 16.7. The van der Waals surface area contributed by atoms with Crippen LogP contribution in [0.15, 0.2) is 40.8 Å². The molecule has 2 aliphatic rings. The first-order valence-corrected chi connectivity index (χ1v) is 10.5. The van der Waals surface area contributed by atoms with Crippen molar-refractivity contribution in [1.29, 1.82) is 0 Å². The van der Waals surface area contributed by atoms with Crippen molar-refractivity contribution in [2.45, 2.75) is 44.8 Å². The van der Waals surface area contributed by atoms with Crippen LogP contribution in [0.1, 0.15) is 59.2 Å². The zero-order valence-corrected chi connectivity index (χ0v) is 16.7. The van der Waals surface area contributed by atoms with Crippen LogP contribution in [-0.2, 0) is 17.7 Å². The summed E-state index contributed by atoms with van der Waals surface area (Å²) in [4.78, 5) is 17.0. The third kappa shape index (κ3) is 4.47. The number of carbonyl (C=O) groups is 1. The van der Waals surface area contributed by atoms with Crippen LogP contribution >= 0.6 is 0 Å². The lowest BCUT2D eigenvalue weighted by Crippen LogP contribution is -2.33. The maximum atomic E-state index is 12.9. The monoisotopic (exact) mass is 382 g/mol. The van der Waals surface area contributed by atoms with E-state index in [4.69, 9.17) is 9.15 Å². The van der Waals surface area contributed by atoms with Gasteiger partial charge in [-0.2, -0.15) is 0 Å². The fraction of sp³-hybridized carbons (Fsp3) is 0.522. The van der Waals surface area contributed by atoms with E-state index in [-0.39, 0.29) is 12.0 Å². The number of amides is 1. The van der Waals surface area contributed by atoms with E-state index in [0.29, 0.717) is 18.9 Å². The molecule has 0 saturated carbocycles. The molecular formula is C23H30N2O3. The van der Waals surface area contributed by atoms with Crippen LogP contribution in [-0.4, -0.2) is 49.0 Å². The number of likely N-dealkylation sites (N-methyl/N-ethyl adjacent to an activating group) is 1. The molecule has 0 radical (unpaired) electrons. The van der Waals surface area contributed by atoms with Gasteiger partial charge in [-0.15, -0.1) is 0 Å². The molecule has 2 aromatic rings. The van der Waals surface area contributed by atoms with Crippen LogP contribution < -0.4 is 0 Å². The van der Waals surface area contributed by atoms with Gasteiger partial charge < -0.3 is 14.1 Å². The van der Waals surface area contributed by atoms with Crippen molar-refractivity contribution < 1.29 is 13.9 Å². The second-order valence-corrected chi connectivity index (χ2v) is 7.95. The Hall–Kier alpha value is -2.11. The number of furan rings is 1. The molecule has 1 saturated heterocycles. The summed E-state index contributed by atoms with van der Waals surface area (Å²) in [5, 5.41) is 0. The maximum absolute atomic E-state index is 12.9. The Morgan fingerprint density at radius 3 is 2.71 bits per heavy atom. The van der Waals surface area contributed by atoms with Gasteiger partial charge in [-0.3, -0.25) is 9.69 Å². The molecule has 28 heavy (non-hydrogen) atoms. The first kappa shape index (κ1) is 19.2. The molecule has 0 bridgehead atoms. The van der Waals surface area contributed by atoms with Crippen molar-refractivity contribution >= 4 is 5.91 Å². The molecule has 1 aromatic carbocycles. The van der Waals surface area contributed by atoms with Crippen LogP contribution in [0.4, 0.5) is 0 Å². The summed E-state index contributed by atoms with van der Waals surface area (Å²) < 4.78 is 11.8. The van der Waals surface area contributed by atoms with Crippen molar-refractivity contribution in [2.75, 3.05) is 33.3 Å². The fourth-order valence-electron chi connectivity index (χ4n) is 4.24. The topological polar surface area (TPSA) is 45.9 Å². The number of benzene rings is 1. The summed E-state index contributed by atoms with van der Waals surface area (Å²) in [7, 11) is 1.82. The highest BCUT2D eigenvalue weighted by molar-refractivity contribution is 5.91. The molecule has 0 unspecified atom stereocenters. The lowest BCUT2D eigenvalue weighted by atomic mass is 9.97. The molecule has 150 valence electrons. The minimum Gasteiger partial charge on any atom is -0.455 e. The summed E-state index contributed by atoms with van der Waals surface area (Å²) >= 11 is 0. The maximum Gasteiger partial charge on any atom is 0.289 e. The molecule has 5 nitrogen and oxygen atoms in total. The number of fused-ring (bicyclic) bond motifs is 1. The average molecular weight is 383 g/mol. The molecule has 0 spiro atoms. The van der Waals surface area contributed by atoms with E-state index in [0.717, 1.165) is 31.8 Å². The number of hydrogen-bond acceptors (Lipinski definition) is 4. The van der Waals surface area contributed by atoms with Crippen LogP contribution in [0.3, 0.4) is 0 Å². The van der Waals surface area contributed by atoms with Gasteiger partial charge in [0.25, 0.3) is 5.91 Å². The SMILES string of the molecule is CN(C[C@@H]1OCCc2ccccc21)C(=O)c1ccc(CN2CCCCCC2)o1. The molecule has 1 aromatic heterocycles. The van der Waals surface area contributed by atoms with Crippen LogP contribution in [0.5, 0.6) is 0 Å². The smallest absolute Gasteiger partial charge is 0.289 e. The number of rotatable bonds is 5. The standard InChI is InChI=1S/C23H30N2O3/c1-24(17-22-20-9-5-4-8-18(20)12-15-27-22)23(26)21-11-10-19(28-21)16-25-13-6-2-3-7-14-25/h4-5,8-11,22H,2-3,6-7,12-17H2,1H3/t22-/m0/s1. The number of nitrogens with zero attached hydrogens (tertiary/aromatic N) is 2. The number of likely N-dealkylation sites (tertiary alicyclic amines) is 1. The third-order valence-corrected chi connectivity index (χ3v) is 5.83. The van der Waals surface area contributed by atoms with Gasteiger partial charge in [0.15, 0.2) is 5.76 Å². The van der Waals surface area contributed by atoms with E-state index in [1.807, 2.05) is 25.2 Å². The van der Waals surface area contributed by atoms with E-state index >= 15 is 0 Å². The highest BCUT2D eigenvalue weighted by Gasteiger charge is 2.25. The number of ether oxygens (including phenoxy) is 1. The quantitative estimate of drug-likeness (QED) is 0.783. The van der Waals surface area contributed by atoms with Gasteiger partial charge in [-0.25, -0.2) is 0 Å². The highest BCUT2D eigenvalue weighted by atomic mass is 16.5. The highest BCUT2D eigenvalue weighted by Crippen LogP contribution is 2.28. The van der Waals surface area contributed by atoms with E-state index in [1.165, 1.54) is 36.8 Å². The van der Waals surface area contributed by atoms with Gasteiger partial charge in [0, 0.05) is 7.05 Å². The number of hydrogen-bond donors (Lipinski definition) is 0. The molecule has 0 aliphatic carbocycles. The van der Waals surface area contributed by atoms with Crippen LogP contribution in [0.25, 0.3) is 0 Å². The molecule has 4 rings (SSSR count). The second-order valence-electron chi connectivity index (χ2n) is 7.95. The van der Waals surface area contributed by atoms with Gasteiger partial charge in [0.05, 0.1) is 19.7 Å². The molecule has 3 heterocycles. The van der Waals surface area contributed by atoms with E-state index in [9.17, 15) is 4.79 Å². The van der Waals surface area contributed by atoms with E-state index < -0.39 is 0 Å². The first-order chi connectivity index (χ1) is 13.7. The summed E-state index contributed by atoms with van der Waals surface area (Å²) in [6, 6.07) is 12.1. The van der Waals surface area contributed by atoms with Crippen molar-refractivity contribution in [2.24, 2.45) is 0 Å². The fourth-order valence-corrected chi connectivity index (χ4v) is 4.24. The van der Waals surface area contributed by atoms with Gasteiger partial charge in [-0.1, -0.05) is 37.1 Å². The van der Waals surface area contributed by atoms with E-state index in [1.54, 1.807) is 4.90 Å². The summed E-state index contributed by atoms with van der Waals surface area (Å²) in [5.74, 6) is 1.20. The molecule has 0 N–H and O–H groups in total. The van der Waals surface area contributed by atoms with Crippen molar-refractivity contribution in [3.63, 3.8) is 0 Å². The molecule has 1 fully saturated rings. The van der Waals surface area contributed by atoms with Crippen molar-refractivity contribution in [1.82, 2.24) is 9.80 Å². The van der Waals surface area contributed by atoms with E-state index in [2.05, 4.69) is 23.1 Å². The zero-order chi connectivity index (χ0) is 19.3. The Bertz CT molecular complexity index is 793. The van der Waals surface area contributed by atoms with Crippen molar-refractivity contribution in [3.8, 4) is 0 Å². The van der Waals surface area contributed by atoms with Gasteiger partial charge >= 0.3 is 0 Å². The molecular weight excluding hydrogens is 352 g/mol. The Morgan fingerprint density at radius 1 is 1.11 bits per heavy atom. The Kier molecular flexibility index (Phi) is 6.13. The van der Waals surface area contributed by atoms with Crippen LogP contribution in [0, 0.1) is 0 Å². The molecule has 2 aliphatic heterocycles. The Labute approximate surface area is 167 Å². The molecule has 1 atom stereocenters. The summed E-state index contributed by atoms with van der Waals surface area (Å²) in [5.41, 5.74) is 2.51. The summed E-state index contributed by atoms with van der Waals surface area (Å²) in [6.07, 6.45) is 5.98. The first-order valence-electron chi connectivity index (χ1n) is 10.5. The number of carbonyl (C=O) groups excluding carboxylic acids is 1. The largest absolute Gasteiger partial charge is 0.455 e. The minimum atomic E-state index is -0.0891. The molecule has 5 heteroatoms. The summed E-state index contributed by atoms with van der Waals surface area (Å²) in [6.45, 7) is 4.24. The predicted octanol–water partition coefficient (Wildman–Crippen LogP) is 4.04. The van der Waals surface area contributed by atoms with Crippen molar-refractivity contribution in [3.05, 3.63) is 59.0 Å². The average Bonchev–Trinajstić information content (AvgIpc) is 3.03. The van der Waals surface area contributed by atoms with Gasteiger partial charge in [0.1, 0.15) is 11.9 Å². The van der Waals surface area contributed by atoms with Gasteiger partial charge in [-0.05, 0) is 55.6 Å². The Balaban J connectivity index is 1.37. The minimum absolute atomic E-state index is 0.0783. The Morgan fingerprint density at radius 2 is 1.89 bits per heavy atom. The lowest BCUT2D eigenvalue weighted by molar-refractivity contribution is 0.0191. The molecule has 1 amide bonds. The second kappa shape index (κ2) is 8.93. The normalized spacial score (nSPS) is 20.4. The predicted molar refractivity (Wildman–Crippen MR) is 108 cm³/mol. The van der Waals surface area contributed by atoms with Gasteiger partial charge in [0.2, 0.25) is 0 Å². The lowest BCUT2D eigenvalue weighted by Gasteiger charge is -2.29. The van der Waals surface area contributed by atoms with Crippen LogP contribution in [0.2, 0.25) is 0 Å².